The summed E-state index contributed by atoms with van der Waals surface area (Å²) in [6.45, 7) is 0. The molecule has 6 rings (SSSR count). The van der Waals surface area contributed by atoms with Crippen LogP contribution < -0.4 is 0 Å². The molecule has 0 bridgehead atoms. The second-order valence-corrected chi connectivity index (χ2v) is 9.52. The van der Waals surface area contributed by atoms with Crippen LogP contribution in [0, 0.1) is 47.3 Å². The Morgan fingerprint density at radius 1 is 0.778 bits per heavy atom. The third-order valence-corrected chi connectivity index (χ3v) is 8.51. The zero-order valence-electron chi connectivity index (χ0n) is 15.9. The van der Waals surface area contributed by atoms with Gasteiger partial charge < -0.3 is 5.11 Å². The van der Waals surface area contributed by atoms with Gasteiger partial charge in [0.15, 0.2) is 0 Å². The monoisotopic (exact) mass is 356 g/mol. The van der Waals surface area contributed by atoms with Gasteiger partial charge in [-0.2, -0.15) is 0 Å². The van der Waals surface area contributed by atoms with Crippen molar-refractivity contribution in [1.29, 1.82) is 0 Å². The molecule has 27 heavy (non-hydrogen) atoms. The van der Waals surface area contributed by atoms with Crippen molar-refractivity contribution in [3.8, 4) is 17.6 Å². The molecule has 7 atom stereocenters. The quantitative estimate of drug-likeness (QED) is 0.611. The minimum atomic E-state index is 0.362. The van der Waals surface area contributed by atoms with E-state index in [0.717, 1.165) is 53.2 Å². The van der Waals surface area contributed by atoms with E-state index in [0.29, 0.717) is 5.75 Å². The van der Waals surface area contributed by atoms with Crippen molar-refractivity contribution in [2.45, 2.75) is 50.9 Å². The molecule has 2 aromatic carbocycles. The molecule has 1 N–H and O–H groups in total. The summed E-state index contributed by atoms with van der Waals surface area (Å²) in [5, 5.41) is 12.2. The molecule has 4 aliphatic rings. The first kappa shape index (κ1) is 16.1. The van der Waals surface area contributed by atoms with Crippen molar-refractivity contribution in [3.63, 3.8) is 0 Å². The first-order chi connectivity index (χ1) is 13.3. The lowest BCUT2D eigenvalue weighted by atomic mass is 9.58. The topological polar surface area (TPSA) is 20.2 Å². The summed E-state index contributed by atoms with van der Waals surface area (Å²) in [7, 11) is 0. The molecule has 0 radical (unpaired) electrons. The van der Waals surface area contributed by atoms with Gasteiger partial charge >= 0.3 is 0 Å². The van der Waals surface area contributed by atoms with Crippen molar-refractivity contribution < 1.29 is 5.11 Å². The highest BCUT2D eigenvalue weighted by atomic mass is 16.3. The van der Waals surface area contributed by atoms with Crippen molar-refractivity contribution in [3.05, 3.63) is 42.0 Å². The zero-order valence-corrected chi connectivity index (χ0v) is 15.9. The van der Waals surface area contributed by atoms with Gasteiger partial charge in [-0.1, -0.05) is 36.6 Å². The van der Waals surface area contributed by atoms with Gasteiger partial charge in [0.2, 0.25) is 0 Å². The molecule has 3 saturated carbocycles. The molecule has 2 aromatic rings. The second-order valence-electron chi connectivity index (χ2n) is 9.52. The van der Waals surface area contributed by atoms with E-state index < -0.39 is 0 Å². The van der Waals surface area contributed by atoms with E-state index in [9.17, 15) is 5.11 Å². The number of hydrogen-bond donors (Lipinski definition) is 1. The smallest absolute Gasteiger partial charge is 0.116 e. The van der Waals surface area contributed by atoms with E-state index in [-0.39, 0.29) is 0 Å². The van der Waals surface area contributed by atoms with Crippen LogP contribution in [-0.2, 0) is 0 Å². The number of phenols is 1. The van der Waals surface area contributed by atoms with E-state index in [1.54, 1.807) is 5.56 Å². The Hall–Kier alpha value is -1.94. The van der Waals surface area contributed by atoms with Gasteiger partial charge in [-0.25, -0.2) is 0 Å². The molecule has 0 amide bonds. The highest BCUT2D eigenvalue weighted by molar-refractivity contribution is 5.84. The molecule has 1 heteroatoms. The first-order valence-corrected chi connectivity index (χ1v) is 11.0. The Labute approximate surface area is 162 Å². The molecule has 1 nitrogen and oxygen atoms in total. The summed E-state index contributed by atoms with van der Waals surface area (Å²) < 4.78 is 0. The average Bonchev–Trinajstić information content (AvgIpc) is 3.04. The zero-order chi connectivity index (χ0) is 18.0. The van der Waals surface area contributed by atoms with Crippen molar-refractivity contribution in [2.75, 3.05) is 0 Å². The molecule has 3 fully saturated rings. The summed E-state index contributed by atoms with van der Waals surface area (Å²) >= 11 is 0. The minimum absolute atomic E-state index is 0.362. The standard InChI is InChI=1S/C26H28O/c27-19-11-10-16-14-18(9-8-17(16)15-19)20-12-13-25-22-5-2-1-4-21(22)24-7-3-6-23(20)26(24)25/h8-11,14-15,20-27H,1,3-4,6-7,12-13H2. The Morgan fingerprint density at radius 2 is 1.63 bits per heavy atom. The fourth-order valence-electron chi connectivity index (χ4n) is 7.61. The molecular formula is C26H28O. The molecule has 0 heterocycles. The first-order valence-electron chi connectivity index (χ1n) is 11.0. The van der Waals surface area contributed by atoms with Gasteiger partial charge in [-0.15, -0.1) is 5.92 Å². The molecule has 0 spiro atoms. The molecular weight excluding hydrogens is 328 g/mol. The Morgan fingerprint density at radius 3 is 2.59 bits per heavy atom. The number of rotatable bonds is 1. The fourth-order valence-corrected chi connectivity index (χ4v) is 7.61. The largest absolute Gasteiger partial charge is 0.508 e. The van der Waals surface area contributed by atoms with Crippen LogP contribution >= 0.6 is 0 Å². The normalized spacial score (nSPS) is 39.3. The van der Waals surface area contributed by atoms with Crippen molar-refractivity contribution in [1.82, 2.24) is 0 Å². The van der Waals surface area contributed by atoms with Crippen LogP contribution in [0.5, 0.6) is 5.75 Å². The highest BCUT2D eigenvalue weighted by Crippen LogP contribution is 2.63. The van der Waals surface area contributed by atoms with Crippen LogP contribution in [0.2, 0.25) is 0 Å². The third-order valence-electron chi connectivity index (χ3n) is 8.51. The number of phenolic OH excluding ortho intramolecular Hbond substituents is 1. The predicted molar refractivity (Wildman–Crippen MR) is 109 cm³/mol. The van der Waals surface area contributed by atoms with Crippen LogP contribution in [0.3, 0.4) is 0 Å². The summed E-state index contributed by atoms with van der Waals surface area (Å²) in [6.07, 6.45) is 9.54. The molecule has 0 aromatic heterocycles. The SMILES string of the molecule is Oc1ccc2cc(C3CCC4C5C#CCCC5C5CCCC3C45)ccc2c1. The van der Waals surface area contributed by atoms with Gasteiger partial charge in [0.25, 0.3) is 0 Å². The van der Waals surface area contributed by atoms with Gasteiger partial charge in [0, 0.05) is 12.3 Å². The highest BCUT2D eigenvalue weighted by Gasteiger charge is 2.56. The third kappa shape index (κ3) is 2.39. The van der Waals surface area contributed by atoms with E-state index in [4.69, 9.17) is 0 Å². The maximum atomic E-state index is 9.76. The lowest BCUT2D eigenvalue weighted by molar-refractivity contribution is 0.0645. The summed E-state index contributed by atoms with van der Waals surface area (Å²) in [6, 6.07) is 12.7. The number of benzene rings is 2. The van der Waals surface area contributed by atoms with Crippen LogP contribution in [0.4, 0.5) is 0 Å². The summed E-state index contributed by atoms with van der Waals surface area (Å²) in [4.78, 5) is 0. The summed E-state index contributed by atoms with van der Waals surface area (Å²) in [5.41, 5.74) is 1.54. The second kappa shape index (κ2) is 6.03. The van der Waals surface area contributed by atoms with E-state index in [1.807, 2.05) is 12.1 Å². The maximum Gasteiger partial charge on any atom is 0.116 e. The van der Waals surface area contributed by atoms with Crippen LogP contribution in [-0.4, -0.2) is 5.11 Å². The summed E-state index contributed by atoms with van der Waals surface area (Å²) in [5.74, 6) is 13.5. The minimum Gasteiger partial charge on any atom is -0.508 e. The Balaban J connectivity index is 1.37. The van der Waals surface area contributed by atoms with Gasteiger partial charge in [0.1, 0.15) is 5.75 Å². The maximum absolute atomic E-state index is 9.76. The van der Waals surface area contributed by atoms with E-state index in [2.05, 4.69) is 36.1 Å². The Kier molecular flexibility index (Phi) is 3.59. The van der Waals surface area contributed by atoms with Crippen LogP contribution in [0.15, 0.2) is 36.4 Å². The van der Waals surface area contributed by atoms with E-state index >= 15 is 0 Å². The predicted octanol–water partition coefficient (Wildman–Crippen LogP) is 6.11. The Bertz CT molecular complexity index is 948. The number of aromatic hydroxyl groups is 1. The van der Waals surface area contributed by atoms with Crippen molar-refractivity contribution >= 4 is 10.8 Å². The molecule has 138 valence electrons. The molecule has 4 aliphatic carbocycles. The van der Waals surface area contributed by atoms with E-state index in [1.165, 1.54) is 43.9 Å². The molecule has 0 aliphatic heterocycles. The van der Waals surface area contributed by atoms with Crippen molar-refractivity contribution in [2.24, 2.45) is 35.5 Å². The van der Waals surface area contributed by atoms with Gasteiger partial charge in [-0.05, 0) is 96.1 Å². The molecule has 7 unspecified atom stereocenters. The lowest BCUT2D eigenvalue weighted by Gasteiger charge is -2.46. The van der Waals surface area contributed by atoms with Gasteiger partial charge in [-0.3, -0.25) is 0 Å². The fraction of sp³-hybridized carbons (Fsp3) is 0.538. The average molecular weight is 357 g/mol. The van der Waals surface area contributed by atoms with Crippen LogP contribution in [0.1, 0.15) is 56.4 Å². The molecule has 0 saturated heterocycles. The van der Waals surface area contributed by atoms with Gasteiger partial charge in [0.05, 0.1) is 0 Å². The van der Waals surface area contributed by atoms with Crippen LogP contribution in [0.25, 0.3) is 10.8 Å². The lowest BCUT2D eigenvalue weighted by Crippen LogP contribution is -2.37. The number of hydrogen-bond acceptors (Lipinski definition) is 1. The number of fused-ring (bicyclic) bond motifs is 4.